The van der Waals surface area contributed by atoms with Gasteiger partial charge >= 0.3 is 5.97 Å². The molecule has 0 saturated carbocycles. The number of esters is 1. The summed E-state index contributed by atoms with van der Waals surface area (Å²) in [5.74, 6) is 0.218. The minimum Gasteiger partial charge on any atom is -0.483 e. The number of nitrogens with zero attached hydrogens (tertiary/aromatic N) is 1. The first-order valence-electron chi connectivity index (χ1n) is 8.60. The SMILES string of the molecule is CCOCCCN(CCC(=O)OC)C(=O)COc1cc(C)ccc1C. The Morgan fingerprint density at radius 2 is 1.92 bits per heavy atom. The summed E-state index contributed by atoms with van der Waals surface area (Å²) in [5, 5.41) is 0. The van der Waals surface area contributed by atoms with Gasteiger partial charge in [-0.2, -0.15) is 0 Å². The van der Waals surface area contributed by atoms with Crippen molar-refractivity contribution in [2.45, 2.75) is 33.6 Å². The Morgan fingerprint density at radius 3 is 2.60 bits per heavy atom. The number of rotatable bonds is 11. The number of amides is 1. The number of methoxy groups -OCH3 is 1. The minimum absolute atomic E-state index is 0.0555. The molecule has 1 amide bonds. The fourth-order valence-corrected chi connectivity index (χ4v) is 2.28. The van der Waals surface area contributed by atoms with E-state index in [1.165, 1.54) is 7.11 Å². The molecule has 0 saturated heterocycles. The lowest BCUT2D eigenvalue weighted by atomic mass is 10.1. The number of aryl methyl sites for hydroxylation is 2. The molecule has 1 rings (SSSR count). The van der Waals surface area contributed by atoms with E-state index in [4.69, 9.17) is 9.47 Å². The van der Waals surface area contributed by atoms with Crippen LogP contribution in [0.2, 0.25) is 0 Å². The van der Waals surface area contributed by atoms with Gasteiger partial charge in [0.05, 0.1) is 13.5 Å². The molecule has 0 bridgehead atoms. The molecule has 25 heavy (non-hydrogen) atoms. The van der Waals surface area contributed by atoms with Crippen LogP contribution in [0.5, 0.6) is 5.75 Å². The number of hydrogen-bond acceptors (Lipinski definition) is 5. The standard InChI is InChI=1S/C19H29NO5/c1-5-24-12-6-10-20(11-9-19(22)23-4)18(21)14-25-17-13-15(2)7-8-16(17)3/h7-8,13H,5-6,9-12,14H2,1-4H3. The normalized spacial score (nSPS) is 10.4. The fourth-order valence-electron chi connectivity index (χ4n) is 2.28. The number of carbonyl (C=O) groups is 2. The Balaban J connectivity index is 2.59. The smallest absolute Gasteiger partial charge is 0.307 e. The third-order valence-corrected chi connectivity index (χ3v) is 3.78. The van der Waals surface area contributed by atoms with Gasteiger partial charge in [0.15, 0.2) is 6.61 Å². The number of benzene rings is 1. The van der Waals surface area contributed by atoms with E-state index in [-0.39, 0.29) is 24.9 Å². The summed E-state index contributed by atoms with van der Waals surface area (Å²) in [6, 6.07) is 5.88. The van der Waals surface area contributed by atoms with Gasteiger partial charge in [-0.15, -0.1) is 0 Å². The molecule has 0 N–H and O–H groups in total. The second-order valence-electron chi connectivity index (χ2n) is 5.82. The molecule has 0 radical (unpaired) electrons. The third kappa shape index (κ3) is 8.03. The van der Waals surface area contributed by atoms with Crippen LogP contribution in [-0.4, -0.2) is 56.8 Å². The molecule has 0 unspecified atom stereocenters. The predicted octanol–water partition coefficient (Wildman–Crippen LogP) is 2.50. The van der Waals surface area contributed by atoms with Gasteiger partial charge in [0.1, 0.15) is 5.75 Å². The van der Waals surface area contributed by atoms with Gasteiger partial charge < -0.3 is 19.1 Å². The van der Waals surface area contributed by atoms with E-state index in [0.29, 0.717) is 38.5 Å². The Bertz CT molecular complexity index is 559. The first-order chi connectivity index (χ1) is 12.0. The molecule has 0 aliphatic carbocycles. The molecule has 0 aliphatic rings. The van der Waals surface area contributed by atoms with Crippen LogP contribution >= 0.6 is 0 Å². The number of ether oxygens (including phenoxy) is 3. The maximum atomic E-state index is 12.5. The van der Waals surface area contributed by atoms with Crippen LogP contribution < -0.4 is 4.74 Å². The first-order valence-corrected chi connectivity index (χ1v) is 8.60. The van der Waals surface area contributed by atoms with Crippen LogP contribution in [0.3, 0.4) is 0 Å². The Labute approximate surface area is 150 Å². The van der Waals surface area contributed by atoms with Gasteiger partial charge in [0.2, 0.25) is 0 Å². The number of carbonyl (C=O) groups excluding carboxylic acids is 2. The topological polar surface area (TPSA) is 65.1 Å². The van der Waals surface area contributed by atoms with Crippen LogP contribution in [0.15, 0.2) is 18.2 Å². The lowest BCUT2D eigenvalue weighted by molar-refractivity contribution is -0.142. The molecule has 0 aliphatic heterocycles. The van der Waals surface area contributed by atoms with Gasteiger partial charge in [-0.05, 0) is 44.4 Å². The summed E-state index contributed by atoms with van der Waals surface area (Å²) >= 11 is 0. The van der Waals surface area contributed by atoms with E-state index in [9.17, 15) is 9.59 Å². The van der Waals surface area contributed by atoms with E-state index in [1.807, 2.05) is 39.0 Å². The van der Waals surface area contributed by atoms with Crippen molar-refractivity contribution < 1.29 is 23.8 Å². The lowest BCUT2D eigenvalue weighted by Crippen LogP contribution is -2.37. The minimum atomic E-state index is -0.335. The zero-order valence-corrected chi connectivity index (χ0v) is 15.7. The highest BCUT2D eigenvalue weighted by Crippen LogP contribution is 2.19. The molecule has 1 aromatic rings. The predicted molar refractivity (Wildman–Crippen MR) is 95.7 cm³/mol. The van der Waals surface area contributed by atoms with E-state index >= 15 is 0 Å². The van der Waals surface area contributed by atoms with Crippen molar-refractivity contribution in [1.29, 1.82) is 0 Å². The molecule has 1 aromatic carbocycles. The van der Waals surface area contributed by atoms with E-state index in [2.05, 4.69) is 4.74 Å². The summed E-state index contributed by atoms with van der Waals surface area (Å²) in [6.07, 6.45) is 0.880. The molecule has 0 fully saturated rings. The molecular weight excluding hydrogens is 322 g/mol. The number of hydrogen-bond donors (Lipinski definition) is 0. The Hall–Kier alpha value is -2.08. The highest BCUT2D eigenvalue weighted by Gasteiger charge is 2.16. The third-order valence-electron chi connectivity index (χ3n) is 3.78. The first kappa shape index (κ1) is 21.0. The monoisotopic (exact) mass is 351 g/mol. The van der Waals surface area contributed by atoms with Gasteiger partial charge in [-0.3, -0.25) is 9.59 Å². The summed E-state index contributed by atoms with van der Waals surface area (Å²) in [5.41, 5.74) is 2.06. The zero-order chi connectivity index (χ0) is 18.7. The summed E-state index contributed by atoms with van der Waals surface area (Å²) in [6.45, 7) is 7.85. The van der Waals surface area contributed by atoms with Crippen LogP contribution in [0.4, 0.5) is 0 Å². The largest absolute Gasteiger partial charge is 0.483 e. The highest BCUT2D eigenvalue weighted by molar-refractivity contribution is 5.78. The second kappa shape index (κ2) is 11.5. The van der Waals surface area contributed by atoms with E-state index in [1.54, 1.807) is 4.90 Å². The summed E-state index contributed by atoms with van der Waals surface area (Å²) < 4.78 is 15.6. The molecule has 0 aromatic heterocycles. The van der Waals surface area contributed by atoms with Gasteiger partial charge in [0.25, 0.3) is 5.91 Å². The quantitative estimate of drug-likeness (QED) is 0.453. The summed E-state index contributed by atoms with van der Waals surface area (Å²) in [4.78, 5) is 25.5. The van der Waals surface area contributed by atoms with Crippen molar-refractivity contribution >= 4 is 11.9 Å². The van der Waals surface area contributed by atoms with Crippen LogP contribution in [0, 0.1) is 13.8 Å². The van der Waals surface area contributed by atoms with Crippen molar-refractivity contribution in [3.63, 3.8) is 0 Å². The molecule has 0 heterocycles. The molecule has 0 spiro atoms. The maximum absolute atomic E-state index is 12.5. The molecule has 6 heteroatoms. The molecule has 6 nitrogen and oxygen atoms in total. The average Bonchev–Trinajstić information content (AvgIpc) is 2.61. The highest BCUT2D eigenvalue weighted by atomic mass is 16.5. The van der Waals surface area contributed by atoms with Gasteiger partial charge in [0, 0.05) is 26.3 Å². The summed E-state index contributed by atoms with van der Waals surface area (Å²) in [7, 11) is 1.34. The zero-order valence-electron chi connectivity index (χ0n) is 15.7. The van der Waals surface area contributed by atoms with Crippen molar-refractivity contribution in [3.05, 3.63) is 29.3 Å². The van der Waals surface area contributed by atoms with E-state index in [0.717, 1.165) is 11.1 Å². The molecular formula is C19H29NO5. The van der Waals surface area contributed by atoms with Crippen molar-refractivity contribution in [2.75, 3.05) is 40.0 Å². The molecule has 140 valence electrons. The average molecular weight is 351 g/mol. The fraction of sp³-hybridized carbons (Fsp3) is 0.579. The molecule has 0 atom stereocenters. The van der Waals surface area contributed by atoms with Crippen LogP contribution in [0.25, 0.3) is 0 Å². The Kier molecular flexibility index (Phi) is 9.62. The maximum Gasteiger partial charge on any atom is 0.307 e. The van der Waals surface area contributed by atoms with Gasteiger partial charge in [-0.1, -0.05) is 12.1 Å². The van der Waals surface area contributed by atoms with Crippen molar-refractivity contribution in [1.82, 2.24) is 4.90 Å². The second-order valence-corrected chi connectivity index (χ2v) is 5.82. The Morgan fingerprint density at radius 1 is 1.16 bits per heavy atom. The van der Waals surface area contributed by atoms with Crippen LogP contribution in [0.1, 0.15) is 30.9 Å². The lowest BCUT2D eigenvalue weighted by Gasteiger charge is -2.22. The van der Waals surface area contributed by atoms with Gasteiger partial charge in [-0.25, -0.2) is 0 Å². The van der Waals surface area contributed by atoms with E-state index < -0.39 is 0 Å². The van der Waals surface area contributed by atoms with Crippen LogP contribution in [-0.2, 0) is 19.1 Å². The van der Waals surface area contributed by atoms with Crippen molar-refractivity contribution in [2.24, 2.45) is 0 Å². The van der Waals surface area contributed by atoms with Crippen molar-refractivity contribution in [3.8, 4) is 5.75 Å².